The number of rotatable bonds is 4. The van der Waals surface area contributed by atoms with E-state index in [0.717, 1.165) is 36.7 Å². The number of aryl methyl sites for hydroxylation is 1. The Kier molecular flexibility index (Phi) is 4.71. The highest BCUT2D eigenvalue weighted by Crippen LogP contribution is 2.26. The minimum absolute atomic E-state index is 0.0545. The molecule has 1 atom stereocenters. The number of imidazole rings is 1. The van der Waals surface area contributed by atoms with Crippen molar-refractivity contribution in [2.75, 3.05) is 26.8 Å². The van der Waals surface area contributed by atoms with E-state index in [2.05, 4.69) is 4.98 Å². The van der Waals surface area contributed by atoms with Crippen molar-refractivity contribution in [3.05, 3.63) is 42.1 Å². The van der Waals surface area contributed by atoms with Crippen LogP contribution in [0, 0.1) is 6.92 Å². The largest absolute Gasteiger partial charge is 0.375 e. The van der Waals surface area contributed by atoms with Gasteiger partial charge in [-0.25, -0.2) is 9.97 Å². The van der Waals surface area contributed by atoms with Gasteiger partial charge in [0, 0.05) is 44.2 Å². The molecule has 0 N–H and O–H groups in total. The van der Waals surface area contributed by atoms with E-state index in [1.165, 1.54) is 0 Å². The quantitative estimate of drug-likeness (QED) is 0.865. The monoisotopic (exact) mass is 314 g/mol. The highest BCUT2D eigenvalue weighted by molar-refractivity contribution is 5.77. The predicted octanol–water partition coefficient (Wildman–Crippen LogP) is 1.93. The van der Waals surface area contributed by atoms with Gasteiger partial charge in [-0.2, -0.15) is 0 Å². The molecule has 23 heavy (non-hydrogen) atoms. The topological polar surface area (TPSA) is 60.2 Å². The maximum atomic E-state index is 12.0. The average Bonchev–Trinajstić information content (AvgIpc) is 3.01. The number of hydrogen-bond acceptors (Lipinski definition) is 4. The summed E-state index contributed by atoms with van der Waals surface area (Å²) in [5.74, 6) is 2.11. The fraction of sp³-hybridized carbons (Fsp3) is 0.471. The normalized spacial score (nSPS) is 18.2. The molecule has 3 rings (SSSR count). The molecule has 0 radical (unpaired) electrons. The molecule has 0 aromatic carbocycles. The molecule has 2 aromatic rings. The lowest BCUT2D eigenvalue weighted by molar-refractivity contribution is -0.136. The molecule has 1 amide bonds. The van der Waals surface area contributed by atoms with E-state index < -0.39 is 0 Å². The van der Waals surface area contributed by atoms with Gasteiger partial charge in [0.25, 0.3) is 0 Å². The molecule has 0 aliphatic carbocycles. The predicted molar refractivity (Wildman–Crippen MR) is 86.5 cm³/mol. The zero-order valence-corrected chi connectivity index (χ0v) is 13.6. The number of carbonyl (C=O) groups is 1. The third-order valence-corrected chi connectivity index (χ3v) is 4.29. The summed E-state index contributed by atoms with van der Waals surface area (Å²) in [5.41, 5.74) is 1.03. The number of hydrogen-bond donors (Lipinski definition) is 0. The number of pyridine rings is 1. The van der Waals surface area contributed by atoms with Crippen molar-refractivity contribution in [1.29, 1.82) is 0 Å². The minimum atomic E-state index is 0.0545. The second-order valence-electron chi connectivity index (χ2n) is 5.88. The van der Waals surface area contributed by atoms with Crippen molar-refractivity contribution in [2.45, 2.75) is 25.7 Å². The summed E-state index contributed by atoms with van der Waals surface area (Å²) in [6.07, 6.45) is 5.73. The summed E-state index contributed by atoms with van der Waals surface area (Å²) in [5, 5.41) is 0. The van der Waals surface area contributed by atoms with Gasteiger partial charge in [-0.3, -0.25) is 9.36 Å². The summed E-state index contributed by atoms with van der Waals surface area (Å²) in [6.45, 7) is 3.62. The van der Waals surface area contributed by atoms with E-state index in [0.29, 0.717) is 6.54 Å². The molecule has 0 unspecified atom stereocenters. The van der Waals surface area contributed by atoms with Gasteiger partial charge in [-0.05, 0) is 31.9 Å². The Labute approximate surface area is 136 Å². The van der Waals surface area contributed by atoms with Crippen LogP contribution in [0.1, 0.15) is 30.3 Å². The fourth-order valence-corrected chi connectivity index (χ4v) is 3.08. The lowest BCUT2D eigenvalue weighted by atomic mass is 9.94. The van der Waals surface area contributed by atoms with E-state index in [1.54, 1.807) is 13.3 Å². The Bertz CT molecular complexity index is 683. The second-order valence-corrected chi connectivity index (χ2v) is 5.88. The number of methoxy groups -OCH3 is 1. The number of aromatic nitrogens is 3. The van der Waals surface area contributed by atoms with Crippen molar-refractivity contribution < 1.29 is 9.53 Å². The lowest BCUT2D eigenvalue weighted by Crippen LogP contribution is -2.41. The maximum Gasteiger partial charge on any atom is 0.248 e. The van der Waals surface area contributed by atoms with Gasteiger partial charge >= 0.3 is 0 Å². The molecule has 0 saturated carbocycles. The molecule has 6 nitrogen and oxygen atoms in total. The summed E-state index contributed by atoms with van der Waals surface area (Å²) in [7, 11) is 1.55. The van der Waals surface area contributed by atoms with Crippen LogP contribution < -0.4 is 0 Å². The third kappa shape index (κ3) is 3.42. The molecule has 0 spiro atoms. The molecule has 6 heteroatoms. The summed E-state index contributed by atoms with van der Waals surface area (Å²) >= 11 is 0. The summed E-state index contributed by atoms with van der Waals surface area (Å²) in [6, 6.07) is 6.05. The van der Waals surface area contributed by atoms with Crippen LogP contribution in [0.2, 0.25) is 0 Å². The molecule has 0 bridgehead atoms. The van der Waals surface area contributed by atoms with E-state index in [9.17, 15) is 4.79 Å². The molecular weight excluding hydrogens is 292 g/mol. The maximum absolute atomic E-state index is 12.0. The van der Waals surface area contributed by atoms with Crippen molar-refractivity contribution in [3.8, 4) is 5.82 Å². The van der Waals surface area contributed by atoms with Gasteiger partial charge in [-0.1, -0.05) is 6.07 Å². The van der Waals surface area contributed by atoms with Gasteiger partial charge < -0.3 is 9.64 Å². The fourth-order valence-electron chi connectivity index (χ4n) is 3.08. The van der Waals surface area contributed by atoms with Crippen LogP contribution >= 0.6 is 0 Å². The average molecular weight is 314 g/mol. The van der Waals surface area contributed by atoms with Crippen molar-refractivity contribution in [3.63, 3.8) is 0 Å². The van der Waals surface area contributed by atoms with E-state index in [-0.39, 0.29) is 18.4 Å². The van der Waals surface area contributed by atoms with Crippen LogP contribution in [0.15, 0.2) is 30.6 Å². The number of amides is 1. The van der Waals surface area contributed by atoms with Gasteiger partial charge in [0.15, 0.2) is 0 Å². The lowest BCUT2D eigenvalue weighted by Gasteiger charge is -2.32. The van der Waals surface area contributed by atoms with Crippen molar-refractivity contribution in [1.82, 2.24) is 19.4 Å². The number of likely N-dealkylation sites (tertiary alicyclic amines) is 1. The minimum Gasteiger partial charge on any atom is -0.375 e. The van der Waals surface area contributed by atoms with Crippen LogP contribution in [0.3, 0.4) is 0 Å². The van der Waals surface area contributed by atoms with Crippen LogP contribution in [-0.4, -0.2) is 52.1 Å². The van der Waals surface area contributed by atoms with Gasteiger partial charge in [0.2, 0.25) is 5.91 Å². The molecule has 1 fully saturated rings. The van der Waals surface area contributed by atoms with E-state index >= 15 is 0 Å². The number of nitrogens with zero attached hydrogens (tertiary/aromatic N) is 4. The van der Waals surface area contributed by atoms with Gasteiger partial charge in [0.05, 0.1) is 0 Å². The van der Waals surface area contributed by atoms with Crippen LogP contribution in [0.4, 0.5) is 0 Å². The zero-order chi connectivity index (χ0) is 16.2. The molecule has 1 aliphatic heterocycles. The first-order valence-electron chi connectivity index (χ1n) is 7.93. The number of ether oxygens (including phenoxy) is 1. The standard InChI is InChI=1S/C17H22N4O2/c1-13-18-8-10-21(13)16-7-3-6-15(19-16)14-5-4-9-20(11-14)17(22)12-23-2/h3,6-8,10,14H,4-5,9,11-12H2,1-2H3/t14-/m0/s1. The van der Waals surface area contributed by atoms with E-state index in [1.807, 2.05) is 40.8 Å². The Morgan fingerprint density at radius 2 is 2.30 bits per heavy atom. The molecular formula is C17H22N4O2. The second kappa shape index (κ2) is 6.91. The molecule has 2 aromatic heterocycles. The molecule has 122 valence electrons. The number of carbonyl (C=O) groups excluding carboxylic acids is 1. The van der Waals surface area contributed by atoms with Crippen LogP contribution in [0.25, 0.3) is 5.82 Å². The van der Waals surface area contributed by atoms with Crippen molar-refractivity contribution in [2.24, 2.45) is 0 Å². The Balaban J connectivity index is 1.79. The molecule has 3 heterocycles. The third-order valence-electron chi connectivity index (χ3n) is 4.29. The zero-order valence-electron chi connectivity index (χ0n) is 13.6. The first-order valence-corrected chi connectivity index (χ1v) is 7.93. The molecule has 1 saturated heterocycles. The summed E-state index contributed by atoms with van der Waals surface area (Å²) in [4.78, 5) is 23.0. The Morgan fingerprint density at radius 3 is 3.04 bits per heavy atom. The molecule has 1 aliphatic rings. The number of piperidine rings is 1. The first kappa shape index (κ1) is 15.7. The Morgan fingerprint density at radius 1 is 1.43 bits per heavy atom. The highest BCUT2D eigenvalue weighted by atomic mass is 16.5. The highest BCUT2D eigenvalue weighted by Gasteiger charge is 2.25. The smallest absolute Gasteiger partial charge is 0.248 e. The van der Waals surface area contributed by atoms with E-state index in [4.69, 9.17) is 9.72 Å². The SMILES string of the molecule is COCC(=O)N1CCC[C@H](c2cccc(-n3ccnc3C)n2)C1. The Hall–Kier alpha value is -2.21. The van der Waals surface area contributed by atoms with Crippen LogP contribution in [-0.2, 0) is 9.53 Å². The van der Waals surface area contributed by atoms with Crippen LogP contribution in [0.5, 0.6) is 0 Å². The van der Waals surface area contributed by atoms with Gasteiger partial charge in [-0.15, -0.1) is 0 Å². The first-order chi connectivity index (χ1) is 11.2. The van der Waals surface area contributed by atoms with Crippen molar-refractivity contribution >= 4 is 5.91 Å². The summed E-state index contributed by atoms with van der Waals surface area (Å²) < 4.78 is 6.93. The van der Waals surface area contributed by atoms with Gasteiger partial charge in [0.1, 0.15) is 18.2 Å².